The topological polar surface area (TPSA) is 42.0 Å². The van der Waals surface area contributed by atoms with E-state index >= 15 is 0 Å². The Kier molecular flexibility index (Phi) is 5.28. The maximum absolute atomic E-state index is 12.3. The molecular formula is C19H17ClN2OS. The van der Waals surface area contributed by atoms with Crippen LogP contribution >= 0.6 is 22.9 Å². The number of aromatic nitrogens is 1. The summed E-state index contributed by atoms with van der Waals surface area (Å²) in [5.74, 6) is -0.273. The first-order valence-corrected chi connectivity index (χ1v) is 9.03. The van der Waals surface area contributed by atoms with Crippen molar-refractivity contribution in [1.82, 2.24) is 4.98 Å². The third-order valence-electron chi connectivity index (χ3n) is 3.71. The van der Waals surface area contributed by atoms with Crippen LogP contribution in [0.25, 0.3) is 11.3 Å². The van der Waals surface area contributed by atoms with Gasteiger partial charge in [-0.1, -0.05) is 61.5 Å². The van der Waals surface area contributed by atoms with Crippen LogP contribution < -0.4 is 5.32 Å². The molecule has 1 N–H and O–H groups in total. The molecule has 3 aromatic rings. The lowest BCUT2D eigenvalue weighted by Gasteiger charge is -2.08. The smallest absolute Gasteiger partial charge is 0.248 e. The molecule has 0 aliphatic rings. The van der Waals surface area contributed by atoms with E-state index in [0.717, 1.165) is 23.2 Å². The predicted octanol–water partition coefficient (Wildman–Crippen LogP) is 5.29. The molecule has 122 valence electrons. The summed E-state index contributed by atoms with van der Waals surface area (Å²) in [6.07, 6.45) is 1.01. The fraction of sp³-hybridized carbons (Fsp3) is 0.158. The number of nitrogens with zero attached hydrogens (tertiary/aromatic N) is 1. The lowest BCUT2D eigenvalue weighted by atomic mass is 10.1. The van der Waals surface area contributed by atoms with E-state index in [1.807, 2.05) is 47.8 Å². The number of thiazole rings is 1. The zero-order valence-electron chi connectivity index (χ0n) is 13.2. The van der Waals surface area contributed by atoms with Crippen molar-refractivity contribution >= 4 is 34.0 Å². The Bertz CT molecular complexity index is 815. The van der Waals surface area contributed by atoms with E-state index in [9.17, 15) is 4.79 Å². The summed E-state index contributed by atoms with van der Waals surface area (Å²) >= 11 is 7.62. The highest BCUT2D eigenvalue weighted by Crippen LogP contribution is 2.27. The molecule has 0 radical (unpaired) electrons. The Morgan fingerprint density at radius 1 is 1.17 bits per heavy atom. The number of hydrogen-bond donors (Lipinski definition) is 1. The molecular weight excluding hydrogens is 340 g/mol. The fourth-order valence-corrected chi connectivity index (χ4v) is 3.24. The zero-order chi connectivity index (χ0) is 16.9. The second kappa shape index (κ2) is 7.60. The Labute approximate surface area is 150 Å². The van der Waals surface area contributed by atoms with Gasteiger partial charge in [-0.3, -0.25) is 4.79 Å². The van der Waals surface area contributed by atoms with Gasteiger partial charge in [0.1, 0.15) is 5.38 Å². The Morgan fingerprint density at radius 2 is 1.88 bits per heavy atom. The van der Waals surface area contributed by atoms with Crippen LogP contribution in [-0.4, -0.2) is 10.9 Å². The van der Waals surface area contributed by atoms with Crippen LogP contribution in [0.5, 0.6) is 0 Å². The van der Waals surface area contributed by atoms with E-state index in [-0.39, 0.29) is 5.91 Å². The summed E-state index contributed by atoms with van der Waals surface area (Å²) in [4.78, 5) is 16.7. The van der Waals surface area contributed by atoms with Crippen molar-refractivity contribution in [2.75, 3.05) is 5.32 Å². The first-order chi connectivity index (χ1) is 11.7. The van der Waals surface area contributed by atoms with E-state index in [4.69, 9.17) is 11.6 Å². The van der Waals surface area contributed by atoms with E-state index in [0.29, 0.717) is 5.13 Å². The van der Waals surface area contributed by atoms with Crippen LogP contribution in [0.4, 0.5) is 5.13 Å². The average molecular weight is 357 g/mol. The predicted molar refractivity (Wildman–Crippen MR) is 101 cm³/mol. The first kappa shape index (κ1) is 16.7. The molecule has 2 aromatic carbocycles. The third kappa shape index (κ3) is 3.83. The molecule has 1 amide bonds. The summed E-state index contributed by atoms with van der Waals surface area (Å²) in [6, 6.07) is 17.6. The van der Waals surface area contributed by atoms with Crippen molar-refractivity contribution in [3.05, 3.63) is 71.1 Å². The number of alkyl halides is 1. The van der Waals surface area contributed by atoms with E-state index in [1.165, 1.54) is 16.9 Å². The van der Waals surface area contributed by atoms with Gasteiger partial charge in [0.25, 0.3) is 0 Å². The third-order valence-corrected chi connectivity index (χ3v) is 4.92. The zero-order valence-corrected chi connectivity index (χ0v) is 14.8. The molecule has 1 aromatic heterocycles. The number of carbonyl (C=O) groups excluding carboxylic acids is 1. The van der Waals surface area contributed by atoms with Crippen LogP contribution in [0.3, 0.4) is 0 Å². The Morgan fingerprint density at radius 3 is 2.54 bits per heavy atom. The molecule has 0 fully saturated rings. The van der Waals surface area contributed by atoms with Crippen LogP contribution in [0.15, 0.2) is 60.0 Å². The number of amides is 1. The van der Waals surface area contributed by atoms with Gasteiger partial charge < -0.3 is 5.32 Å². The number of halogens is 1. The maximum atomic E-state index is 12.3. The van der Waals surface area contributed by atoms with Crippen molar-refractivity contribution in [3.8, 4) is 11.3 Å². The van der Waals surface area contributed by atoms with Gasteiger partial charge in [-0.25, -0.2) is 4.98 Å². The van der Waals surface area contributed by atoms with E-state index < -0.39 is 5.38 Å². The van der Waals surface area contributed by atoms with Crippen LogP contribution in [-0.2, 0) is 11.2 Å². The van der Waals surface area contributed by atoms with Gasteiger partial charge in [0.15, 0.2) is 5.13 Å². The molecule has 0 aliphatic carbocycles. The number of carbonyl (C=O) groups is 1. The molecule has 0 saturated carbocycles. The van der Waals surface area contributed by atoms with Gasteiger partial charge in [0, 0.05) is 10.9 Å². The highest BCUT2D eigenvalue weighted by molar-refractivity contribution is 7.14. The normalized spacial score (nSPS) is 11.9. The summed E-state index contributed by atoms with van der Waals surface area (Å²) < 4.78 is 0. The quantitative estimate of drug-likeness (QED) is 0.631. The van der Waals surface area contributed by atoms with Gasteiger partial charge in [0.05, 0.1) is 5.69 Å². The number of anilines is 1. The van der Waals surface area contributed by atoms with Gasteiger partial charge in [-0.2, -0.15) is 0 Å². The van der Waals surface area contributed by atoms with Crippen LogP contribution in [0, 0.1) is 0 Å². The summed E-state index contributed by atoms with van der Waals surface area (Å²) in [5, 5.41) is 4.54. The monoisotopic (exact) mass is 356 g/mol. The minimum Gasteiger partial charge on any atom is -0.300 e. The lowest BCUT2D eigenvalue weighted by molar-refractivity contribution is -0.116. The standard InChI is InChI=1S/C19H17ClN2OS/c1-2-13-8-10-14(11-9-13)16-12-24-19(21-16)22-18(23)17(20)15-6-4-3-5-7-15/h3-12,17H,2H2,1H3,(H,21,22,23)/t17-/m0/s1. The molecule has 0 aliphatic heterocycles. The minimum absolute atomic E-state index is 0.273. The largest absolute Gasteiger partial charge is 0.300 e. The molecule has 24 heavy (non-hydrogen) atoms. The number of rotatable bonds is 5. The van der Waals surface area contributed by atoms with Crippen molar-refractivity contribution in [1.29, 1.82) is 0 Å². The van der Waals surface area contributed by atoms with Gasteiger partial charge in [-0.15, -0.1) is 22.9 Å². The van der Waals surface area contributed by atoms with Gasteiger partial charge in [0.2, 0.25) is 5.91 Å². The molecule has 5 heteroatoms. The molecule has 3 rings (SSSR count). The average Bonchev–Trinajstić information content (AvgIpc) is 3.10. The summed E-state index contributed by atoms with van der Waals surface area (Å²) in [6.45, 7) is 2.13. The van der Waals surface area contributed by atoms with Crippen molar-refractivity contribution in [2.45, 2.75) is 18.7 Å². The maximum Gasteiger partial charge on any atom is 0.248 e. The van der Waals surface area contributed by atoms with Crippen molar-refractivity contribution < 1.29 is 4.79 Å². The molecule has 0 unspecified atom stereocenters. The van der Waals surface area contributed by atoms with Crippen molar-refractivity contribution in [3.63, 3.8) is 0 Å². The van der Waals surface area contributed by atoms with E-state index in [1.54, 1.807) is 0 Å². The summed E-state index contributed by atoms with van der Waals surface area (Å²) in [5.41, 5.74) is 3.94. The SMILES string of the molecule is CCc1ccc(-c2csc(NC(=O)[C@@H](Cl)c3ccccc3)n2)cc1. The lowest BCUT2D eigenvalue weighted by Crippen LogP contribution is -2.17. The second-order valence-corrected chi connectivity index (χ2v) is 6.65. The number of hydrogen-bond acceptors (Lipinski definition) is 3. The highest BCUT2D eigenvalue weighted by atomic mass is 35.5. The molecule has 1 atom stereocenters. The molecule has 0 spiro atoms. The second-order valence-electron chi connectivity index (χ2n) is 5.35. The first-order valence-electron chi connectivity index (χ1n) is 7.72. The van der Waals surface area contributed by atoms with Crippen LogP contribution in [0.2, 0.25) is 0 Å². The number of benzene rings is 2. The number of nitrogens with one attached hydrogen (secondary N) is 1. The van der Waals surface area contributed by atoms with Gasteiger partial charge >= 0.3 is 0 Å². The molecule has 0 bridgehead atoms. The van der Waals surface area contributed by atoms with Crippen molar-refractivity contribution in [2.24, 2.45) is 0 Å². The van der Waals surface area contributed by atoms with Gasteiger partial charge in [-0.05, 0) is 17.5 Å². The van der Waals surface area contributed by atoms with E-state index in [2.05, 4.69) is 29.4 Å². The Hall–Kier alpha value is -2.17. The number of aryl methyl sites for hydroxylation is 1. The molecule has 0 saturated heterocycles. The highest BCUT2D eigenvalue weighted by Gasteiger charge is 2.18. The Balaban J connectivity index is 1.70. The van der Waals surface area contributed by atoms with Crippen LogP contribution in [0.1, 0.15) is 23.4 Å². The fourth-order valence-electron chi connectivity index (χ4n) is 2.32. The molecule has 1 heterocycles. The molecule has 3 nitrogen and oxygen atoms in total. The minimum atomic E-state index is -0.734. The summed E-state index contributed by atoms with van der Waals surface area (Å²) in [7, 11) is 0.